The van der Waals surface area contributed by atoms with Crippen LogP contribution in [0.3, 0.4) is 0 Å². The van der Waals surface area contributed by atoms with E-state index in [1.54, 1.807) is 7.11 Å². The fourth-order valence-corrected chi connectivity index (χ4v) is 4.51. The maximum atomic E-state index is 12.9. The van der Waals surface area contributed by atoms with Crippen LogP contribution >= 0.6 is 0 Å². The highest BCUT2D eigenvalue weighted by Gasteiger charge is 2.26. The minimum Gasteiger partial charge on any atom is -0.496 e. The Bertz CT molecular complexity index is 1080. The molecule has 1 aromatic heterocycles. The van der Waals surface area contributed by atoms with Gasteiger partial charge in [0, 0.05) is 30.3 Å². The van der Waals surface area contributed by atoms with Crippen molar-refractivity contribution in [1.82, 2.24) is 14.9 Å². The van der Waals surface area contributed by atoms with Crippen LogP contribution in [0.5, 0.6) is 5.75 Å². The Morgan fingerprint density at radius 3 is 2.93 bits per heavy atom. The molecule has 0 spiro atoms. The van der Waals surface area contributed by atoms with Gasteiger partial charge in [-0.1, -0.05) is 18.2 Å². The lowest BCUT2D eigenvalue weighted by Crippen LogP contribution is -2.27. The predicted molar refractivity (Wildman–Crippen MR) is 112 cm³/mol. The number of ether oxygens (including phenoxy) is 1. The number of amides is 1. The summed E-state index contributed by atoms with van der Waals surface area (Å²) in [5.41, 5.74) is 6.33. The molecule has 1 atom stereocenters. The molecule has 1 N–H and O–H groups in total. The van der Waals surface area contributed by atoms with Gasteiger partial charge < -0.3 is 14.6 Å². The summed E-state index contributed by atoms with van der Waals surface area (Å²) in [5.74, 6) is 1.85. The van der Waals surface area contributed by atoms with Crippen molar-refractivity contribution in [2.45, 2.75) is 45.2 Å². The van der Waals surface area contributed by atoms with E-state index >= 15 is 0 Å². The number of methoxy groups -OCH3 is 1. The number of hydrogen-bond donors (Lipinski definition) is 1. The van der Waals surface area contributed by atoms with Crippen LogP contribution < -0.4 is 10.1 Å². The Kier molecular flexibility index (Phi) is 4.38. The highest BCUT2D eigenvalue weighted by Crippen LogP contribution is 2.35. The molecule has 1 amide bonds. The van der Waals surface area contributed by atoms with E-state index in [0.717, 1.165) is 48.4 Å². The van der Waals surface area contributed by atoms with E-state index in [1.165, 1.54) is 23.4 Å². The van der Waals surface area contributed by atoms with Crippen LogP contribution in [-0.4, -0.2) is 22.6 Å². The zero-order valence-electron chi connectivity index (χ0n) is 16.9. The first kappa shape index (κ1) is 18.0. The standard InChI is InChI=1S/C24H25N3O2/c1-15-5-6-18(13-22(15)29-2)24(28)26-20-10-9-16-7-8-17(12-19(16)20)21-14-27-11-3-4-23(27)25-21/h5-8,12-14,20H,3-4,9-11H2,1-2H3,(H,26,28). The summed E-state index contributed by atoms with van der Waals surface area (Å²) in [6, 6.07) is 12.2. The van der Waals surface area contributed by atoms with Gasteiger partial charge in [-0.05, 0) is 61.1 Å². The Balaban J connectivity index is 1.39. The van der Waals surface area contributed by atoms with Gasteiger partial charge in [-0.25, -0.2) is 4.98 Å². The van der Waals surface area contributed by atoms with E-state index in [-0.39, 0.29) is 11.9 Å². The van der Waals surface area contributed by atoms with Crippen molar-refractivity contribution in [1.29, 1.82) is 0 Å². The number of fused-ring (bicyclic) bond motifs is 2. The zero-order chi connectivity index (χ0) is 20.0. The quantitative estimate of drug-likeness (QED) is 0.729. The normalized spacial score (nSPS) is 17.1. The van der Waals surface area contributed by atoms with E-state index in [4.69, 9.17) is 9.72 Å². The SMILES string of the molecule is COc1cc(C(=O)NC2CCc3ccc(-c4cn5c(n4)CCC5)cc32)ccc1C. The molecule has 0 radical (unpaired) electrons. The maximum Gasteiger partial charge on any atom is 0.251 e. The molecule has 2 aliphatic rings. The molecular weight excluding hydrogens is 362 g/mol. The summed E-state index contributed by atoms with van der Waals surface area (Å²) in [7, 11) is 1.63. The van der Waals surface area contributed by atoms with Crippen molar-refractivity contribution in [2.24, 2.45) is 0 Å². The van der Waals surface area contributed by atoms with E-state index < -0.39 is 0 Å². The third-order valence-electron chi connectivity index (χ3n) is 6.15. The van der Waals surface area contributed by atoms with Crippen LogP contribution in [0.25, 0.3) is 11.3 Å². The van der Waals surface area contributed by atoms with Gasteiger partial charge in [0.15, 0.2) is 0 Å². The number of nitrogens with zero attached hydrogens (tertiary/aromatic N) is 2. The second-order valence-corrected chi connectivity index (χ2v) is 8.00. The van der Waals surface area contributed by atoms with Crippen molar-refractivity contribution in [2.75, 3.05) is 7.11 Å². The van der Waals surface area contributed by atoms with Crippen LogP contribution in [-0.2, 0) is 19.4 Å². The predicted octanol–water partition coefficient (Wildman–Crippen LogP) is 4.23. The monoisotopic (exact) mass is 387 g/mol. The van der Waals surface area contributed by atoms with Crippen molar-refractivity contribution in [3.63, 3.8) is 0 Å². The highest BCUT2D eigenvalue weighted by molar-refractivity contribution is 5.95. The summed E-state index contributed by atoms with van der Waals surface area (Å²) in [6.45, 7) is 3.03. The molecule has 5 nitrogen and oxygen atoms in total. The summed E-state index contributed by atoms with van der Waals surface area (Å²) >= 11 is 0. The first-order valence-electron chi connectivity index (χ1n) is 10.3. The zero-order valence-corrected chi connectivity index (χ0v) is 16.9. The van der Waals surface area contributed by atoms with E-state index in [2.05, 4.69) is 34.3 Å². The largest absolute Gasteiger partial charge is 0.496 e. The molecule has 3 aromatic rings. The molecule has 5 heteroatoms. The summed E-state index contributed by atoms with van der Waals surface area (Å²) in [4.78, 5) is 17.7. The van der Waals surface area contributed by atoms with Gasteiger partial charge >= 0.3 is 0 Å². The van der Waals surface area contributed by atoms with E-state index in [1.807, 2.05) is 25.1 Å². The van der Waals surface area contributed by atoms with Crippen LogP contribution in [0, 0.1) is 6.92 Å². The summed E-state index contributed by atoms with van der Waals surface area (Å²) in [5, 5.41) is 3.22. The average molecular weight is 387 g/mol. The summed E-state index contributed by atoms with van der Waals surface area (Å²) in [6.07, 6.45) is 6.31. The number of carbonyl (C=O) groups excluding carboxylic acids is 1. The van der Waals surface area contributed by atoms with Crippen LogP contribution in [0.2, 0.25) is 0 Å². The second kappa shape index (κ2) is 7.07. The van der Waals surface area contributed by atoms with Gasteiger partial charge in [0.25, 0.3) is 5.91 Å². The van der Waals surface area contributed by atoms with Crippen LogP contribution in [0.15, 0.2) is 42.6 Å². The van der Waals surface area contributed by atoms with Crippen molar-refractivity contribution in [3.05, 3.63) is 70.7 Å². The van der Waals surface area contributed by atoms with Gasteiger partial charge in [-0.3, -0.25) is 4.79 Å². The van der Waals surface area contributed by atoms with E-state index in [9.17, 15) is 4.79 Å². The lowest BCUT2D eigenvalue weighted by atomic mass is 10.0. The lowest BCUT2D eigenvalue weighted by molar-refractivity contribution is 0.0936. The van der Waals surface area contributed by atoms with Gasteiger partial charge in [0.1, 0.15) is 11.6 Å². The average Bonchev–Trinajstić information content (AvgIpc) is 3.43. The number of imidazole rings is 1. The molecule has 29 heavy (non-hydrogen) atoms. The summed E-state index contributed by atoms with van der Waals surface area (Å²) < 4.78 is 7.62. The molecule has 2 heterocycles. The van der Waals surface area contributed by atoms with Gasteiger partial charge in [-0.2, -0.15) is 0 Å². The maximum absolute atomic E-state index is 12.9. The lowest BCUT2D eigenvalue weighted by Gasteiger charge is -2.16. The Morgan fingerprint density at radius 2 is 2.10 bits per heavy atom. The highest BCUT2D eigenvalue weighted by atomic mass is 16.5. The smallest absolute Gasteiger partial charge is 0.251 e. The molecule has 0 bridgehead atoms. The first-order valence-corrected chi connectivity index (χ1v) is 10.3. The molecule has 148 valence electrons. The minimum atomic E-state index is -0.0625. The molecule has 0 saturated heterocycles. The molecule has 0 saturated carbocycles. The van der Waals surface area contributed by atoms with Crippen molar-refractivity contribution >= 4 is 5.91 Å². The molecular formula is C24H25N3O2. The van der Waals surface area contributed by atoms with Gasteiger partial charge in [-0.15, -0.1) is 0 Å². The number of aryl methyl sites for hydroxylation is 4. The second-order valence-electron chi connectivity index (χ2n) is 8.00. The van der Waals surface area contributed by atoms with Crippen molar-refractivity contribution < 1.29 is 9.53 Å². The number of carbonyl (C=O) groups is 1. The molecule has 1 aliphatic carbocycles. The number of rotatable bonds is 4. The van der Waals surface area contributed by atoms with E-state index in [0.29, 0.717) is 5.56 Å². The Morgan fingerprint density at radius 1 is 1.21 bits per heavy atom. The van der Waals surface area contributed by atoms with Gasteiger partial charge in [0.05, 0.1) is 18.8 Å². The molecule has 2 aromatic carbocycles. The molecule has 1 aliphatic heterocycles. The Labute approximate surface area is 170 Å². The first-order chi connectivity index (χ1) is 14.1. The fourth-order valence-electron chi connectivity index (χ4n) is 4.51. The van der Waals surface area contributed by atoms with Crippen LogP contribution in [0.1, 0.15) is 51.8 Å². The molecule has 0 fully saturated rings. The number of benzene rings is 2. The minimum absolute atomic E-state index is 0.0270. The topological polar surface area (TPSA) is 56.1 Å². The Hall–Kier alpha value is -3.08. The molecule has 5 rings (SSSR count). The van der Waals surface area contributed by atoms with Crippen LogP contribution in [0.4, 0.5) is 0 Å². The van der Waals surface area contributed by atoms with Crippen molar-refractivity contribution in [3.8, 4) is 17.0 Å². The third kappa shape index (κ3) is 3.20. The number of aromatic nitrogens is 2. The van der Waals surface area contributed by atoms with Gasteiger partial charge in [0.2, 0.25) is 0 Å². The number of nitrogens with one attached hydrogen (secondary N) is 1. The number of hydrogen-bond acceptors (Lipinski definition) is 3. The fraction of sp³-hybridized carbons (Fsp3) is 0.333. The molecule has 1 unspecified atom stereocenters. The third-order valence-corrected chi connectivity index (χ3v) is 6.15.